The SMILES string of the molecule is C=Cc1ccc(-c2nc(-c3ccccc3)nc(-c3cccc4c3sc3ccccc34)n2)cc1-c1nc(-c2ccccc2)nc(-c2ccccc2)n1. The Morgan fingerprint density at radius 3 is 1.43 bits per heavy atom. The molecule has 3 aromatic heterocycles. The fraction of sp³-hybridized carbons (Fsp3) is 0. The van der Waals surface area contributed by atoms with Crippen LogP contribution in [0, 0.1) is 0 Å². The van der Waals surface area contributed by atoms with Crippen molar-refractivity contribution >= 4 is 37.6 Å². The van der Waals surface area contributed by atoms with E-state index in [1.807, 2.05) is 115 Å². The lowest BCUT2D eigenvalue weighted by molar-refractivity contribution is 1.07. The van der Waals surface area contributed by atoms with E-state index in [1.165, 1.54) is 15.5 Å². The van der Waals surface area contributed by atoms with E-state index < -0.39 is 0 Å². The van der Waals surface area contributed by atoms with Crippen molar-refractivity contribution in [2.24, 2.45) is 0 Å². The Morgan fingerprint density at radius 1 is 0.392 bits per heavy atom. The molecular weight excluding hydrogens is 645 g/mol. The van der Waals surface area contributed by atoms with Crippen molar-refractivity contribution in [2.45, 2.75) is 0 Å². The molecule has 0 unspecified atom stereocenters. The summed E-state index contributed by atoms with van der Waals surface area (Å²) in [5.41, 5.74) is 6.17. The number of nitrogens with zero attached hydrogens (tertiary/aromatic N) is 6. The van der Waals surface area contributed by atoms with E-state index in [-0.39, 0.29) is 0 Å². The van der Waals surface area contributed by atoms with Crippen molar-refractivity contribution in [3.8, 4) is 68.3 Å². The van der Waals surface area contributed by atoms with Gasteiger partial charge in [0.15, 0.2) is 34.9 Å². The first-order valence-electron chi connectivity index (χ1n) is 16.6. The predicted octanol–water partition coefficient (Wildman–Crippen LogP) is 11.1. The summed E-state index contributed by atoms with van der Waals surface area (Å²) in [4.78, 5) is 30.1. The highest BCUT2D eigenvalue weighted by molar-refractivity contribution is 7.26. The normalized spacial score (nSPS) is 11.2. The molecule has 0 bridgehead atoms. The van der Waals surface area contributed by atoms with Gasteiger partial charge in [-0.05, 0) is 23.8 Å². The van der Waals surface area contributed by atoms with Crippen LogP contribution in [0.1, 0.15) is 5.56 Å². The summed E-state index contributed by atoms with van der Waals surface area (Å²) in [6.45, 7) is 4.12. The van der Waals surface area contributed by atoms with Gasteiger partial charge in [0.1, 0.15) is 0 Å². The number of thiophene rings is 1. The van der Waals surface area contributed by atoms with Crippen molar-refractivity contribution < 1.29 is 0 Å². The van der Waals surface area contributed by atoms with Crippen molar-refractivity contribution in [2.75, 3.05) is 0 Å². The maximum absolute atomic E-state index is 5.15. The Labute approximate surface area is 298 Å². The van der Waals surface area contributed by atoms with E-state index >= 15 is 0 Å². The second-order valence-electron chi connectivity index (χ2n) is 12.0. The van der Waals surface area contributed by atoms with Gasteiger partial charge in [-0.25, -0.2) is 29.9 Å². The fourth-order valence-electron chi connectivity index (χ4n) is 6.26. The molecule has 0 saturated heterocycles. The zero-order valence-electron chi connectivity index (χ0n) is 27.3. The van der Waals surface area contributed by atoms with Gasteiger partial charge in [-0.1, -0.05) is 146 Å². The first-order chi connectivity index (χ1) is 25.2. The van der Waals surface area contributed by atoms with E-state index in [4.69, 9.17) is 29.9 Å². The van der Waals surface area contributed by atoms with Crippen molar-refractivity contribution in [1.82, 2.24) is 29.9 Å². The molecule has 6 aromatic carbocycles. The van der Waals surface area contributed by atoms with Gasteiger partial charge in [0.25, 0.3) is 0 Å². The molecule has 7 heteroatoms. The molecule has 0 aliphatic carbocycles. The van der Waals surface area contributed by atoms with Crippen LogP contribution in [-0.4, -0.2) is 29.9 Å². The molecule has 0 aliphatic heterocycles. The van der Waals surface area contributed by atoms with Gasteiger partial charge in [0, 0.05) is 53.6 Å². The summed E-state index contributed by atoms with van der Waals surface area (Å²) < 4.78 is 2.37. The van der Waals surface area contributed by atoms with Gasteiger partial charge in [-0.15, -0.1) is 11.3 Å². The Balaban J connectivity index is 1.25. The number of hydrogen-bond acceptors (Lipinski definition) is 7. The topological polar surface area (TPSA) is 77.3 Å². The Hall–Kier alpha value is -6.70. The van der Waals surface area contributed by atoms with Crippen LogP contribution < -0.4 is 0 Å². The maximum Gasteiger partial charge on any atom is 0.165 e. The zero-order chi connectivity index (χ0) is 34.1. The molecule has 0 atom stereocenters. The minimum absolute atomic E-state index is 0.534. The van der Waals surface area contributed by atoms with Crippen LogP contribution in [-0.2, 0) is 0 Å². The molecule has 3 heterocycles. The second-order valence-corrected chi connectivity index (χ2v) is 13.0. The number of hydrogen-bond donors (Lipinski definition) is 0. The van der Waals surface area contributed by atoms with Crippen LogP contribution in [0.15, 0.2) is 158 Å². The highest BCUT2D eigenvalue weighted by atomic mass is 32.1. The molecule has 0 N–H and O–H groups in total. The molecule has 0 aliphatic rings. The molecule has 51 heavy (non-hydrogen) atoms. The molecule has 0 spiro atoms. The average Bonchev–Trinajstić information content (AvgIpc) is 3.60. The molecule has 240 valence electrons. The van der Waals surface area contributed by atoms with E-state index in [9.17, 15) is 0 Å². The average molecular weight is 673 g/mol. The predicted molar refractivity (Wildman–Crippen MR) is 209 cm³/mol. The summed E-state index contributed by atoms with van der Waals surface area (Å²) in [6.07, 6.45) is 1.82. The highest BCUT2D eigenvalue weighted by Crippen LogP contribution is 2.40. The van der Waals surface area contributed by atoms with Crippen LogP contribution in [0.4, 0.5) is 0 Å². The van der Waals surface area contributed by atoms with Gasteiger partial charge < -0.3 is 0 Å². The molecule has 6 nitrogen and oxygen atoms in total. The number of rotatable bonds is 7. The van der Waals surface area contributed by atoms with Gasteiger partial charge >= 0.3 is 0 Å². The van der Waals surface area contributed by atoms with Crippen LogP contribution in [0.3, 0.4) is 0 Å². The Bertz CT molecular complexity index is 2650. The number of aromatic nitrogens is 6. The maximum atomic E-state index is 5.15. The quantitative estimate of drug-likeness (QED) is 0.168. The summed E-state index contributed by atoms with van der Waals surface area (Å²) in [6, 6.07) is 50.9. The van der Waals surface area contributed by atoms with Gasteiger partial charge in [0.05, 0.1) is 0 Å². The third-order valence-corrected chi connectivity index (χ3v) is 10.0. The first-order valence-corrected chi connectivity index (χ1v) is 17.4. The lowest BCUT2D eigenvalue weighted by Crippen LogP contribution is -2.02. The molecule has 0 fully saturated rings. The zero-order valence-corrected chi connectivity index (χ0v) is 28.1. The van der Waals surface area contributed by atoms with Crippen molar-refractivity contribution in [3.63, 3.8) is 0 Å². The van der Waals surface area contributed by atoms with E-state index in [2.05, 4.69) is 49.0 Å². The first kappa shape index (κ1) is 30.4. The lowest BCUT2D eigenvalue weighted by Gasteiger charge is -2.13. The minimum Gasteiger partial charge on any atom is -0.208 e. The summed E-state index contributed by atoms with van der Waals surface area (Å²) in [5.74, 6) is 3.47. The summed E-state index contributed by atoms with van der Waals surface area (Å²) in [7, 11) is 0. The molecule has 0 amide bonds. The largest absolute Gasteiger partial charge is 0.208 e. The number of benzene rings is 6. The van der Waals surface area contributed by atoms with Crippen LogP contribution in [0.5, 0.6) is 0 Å². The fourth-order valence-corrected chi connectivity index (χ4v) is 7.47. The minimum atomic E-state index is 0.534. The third kappa shape index (κ3) is 5.75. The van der Waals surface area contributed by atoms with Gasteiger partial charge in [-0.2, -0.15) is 0 Å². The smallest absolute Gasteiger partial charge is 0.165 e. The van der Waals surface area contributed by atoms with E-state index in [0.29, 0.717) is 34.9 Å². The van der Waals surface area contributed by atoms with Crippen LogP contribution in [0.25, 0.3) is 94.6 Å². The van der Waals surface area contributed by atoms with Gasteiger partial charge in [-0.3, -0.25) is 0 Å². The Morgan fingerprint density at radius 2 is 0.863 bits per heavy atom. The lowest BCUT2D eigenvalue weighted by atomic mass is 10.0. The molecular formula is C44H28N6S. The van der Waals surface area contributed by atoms with Crippen LogP contribution >= 0.6 is 11.3 Å². The second kappa shape index (κ2) is 13.0. The van der Waals surface area contributed by atoms with E-state index in [0.717, 1.165) is 43.6 Å². The monoisotopic (exact) mass is 672 g/mol. The summed E-state index contributed by atoms with van der Waals surface area (Å²) >= 11 is 1.76. The molecule has 9 aromatic rings. The summed E-state index contributed by atoms with van der Waals surface area (Å²) in [5, 5.41) is 2.41. The van der Waals surface area contributed by atoms with Crippen molar-refractivity contribution in [1.29, 1.82) is 0 Å². The molecule has 9 rings (SSSR count). The third-order valence-electron chi connectivity index (χ3n) is 8.78. The Kier molecular flexibility index (Phi) is 7.72. The van der Waals surface area contributed by atoms with E-state index in [1.54, 1.807) is 11.3 Å². The standard InChI is InChI=1S/C44H28N6S/c1-2-28-25-26-32(27-36(28)44-48-39(29-15-6-3-7-16-29)45-40(49-44)30-17-8-4-9-18-30)42-46-41(31-19-10-5-11-20-31)47-43(50-42)35-23-14-22-34-33-21-12-13-24-37(33)51-38(34)35/h2-27H,1H2. The number of fused-ring (bicyclic) bond motifs is 3. The van der Waals surface area contributed by atoms with Crippen molar-refractivity contribution in [3.05, 3.63) is 164 Å². The van der Waals surface area contributed by atoms with Crippen LogP contribution in [0.2, 0.25) is 0 Å². The van der Waals surface area contributed by atoms with Gasteiger partial charge in [0.2, 0.25) is 0 Å². The molecule has 0 saturated carbocycles. The molecule has 0 radical (unpaired) electrons. The highest BCUT2D eigenvalue weighted by Gasteiger charge is 2.19.